The zero-order valence-electron chi connectivity index (χ0n) is 15.9. The number of benzene rings is 1. The van der Waals surface area contributed by atoms with E-state index in [9.17, 15) is 13.6 Å². The van der Waals surface area contributed by atoms with E-state index < -0.39 is 11.6 Å². The van der Waals surface area contributed by atoms with Crippen molar-refractivity contribution in [3.63, 3.8) is 0 Å². The number of nitrogens with one attached hydrogen (secondary N) is 1. The minimum absolute atomic E-state index is 0.157. The van der Waals surface area contributed by atoms with Gasteiger partial charge in [-0.05, 0) is 45.0 Å². The lowest BCUT2D eigenvalue weighted by Crippen LogP contribution is -2.14. The van der Waals surface area contributed by atoms with Crippen molar-refractivity contribution in [1.82, 2.24) is 19.7 Å². The van der Waals surface area contributed by atoms with Gasteiger partial charge in [-0.3, -0.25) is 10.1 Å². The van der Waals surface area contributed by atoms with Crippen molar-refractivity contribution < 1.29 is 13.6 Å². The van der Waals surface area contributed by atoms with Gasteiger partial charge in [0.25, 0.3) is 5.91 Å². The first-order valence-corrected chi connectivity index (χ1v) is 9.78. The molecule has 148 valence electrons. The molecule has 4 aromatic rings. The highest BCUT2D eigenvalue weighted by Gasteiger charge is 2.17. The molecule has 4 rings (SSSR count). The number of aryl methyl sites for hydroxylation is 1. The van der Waals surface area contributed by atoms with Crippen LogP contribution in [0.1, 0.15) is 35.9 Å². The number of amides is 1. The Morgan fingerprint density at radius 3 is 2.69 bits per heavy atom. The monoisotopic (exact) mass is 413 g/mol. The highest BCUT2D eigenvalue weighted by atomic mass is 32.1. The fraction of sp³-hybridized carbons (Fsp3) is 0.200. The first-order valence-electron chi connectivity index (χ1n) is 8.90. The fourth-order valence-corrected chi connectivity index (χ4v) is 3.67. The third-order valence-corrected chi connectivity index (χ3v) is 5.19. The Labute approximate surface area is 169 Å². The Bertz CT molecular complexity index is 1230. The standard InChI is InChI=1S/C20H17F2N5OS/c1-10(2)27-18-13(8-23-27)6-14(11(3)24-18)19(28)26-20-25-17(9-29-20)12-4-5-15(21)16(22)7-12/h4-10H,1-3H3,(H,25,26,28). The zero-order valence-corrected chi connectivity index (χ0v) is 16.7. The van der Waals surface area contributed by atoms with Gasteiger partial charge in [0.15, 0.2) is 22.4 Å². The molecule has 1 aromatic carbocycles. The predicted molar refractivity (Wildman–Crippen MR) is 108 cm³/mol. The lowest BCUT2D eigenvalue weighted by molar-refractivity contribution is 0.102. The van der Waals surface area contributed by atoms with Crippen LogP contribution in [0.25, 0.3) is 22.3 Å². The van der Waals surface area contributed by atoms with E-state index in [1.54, 1.807) is 29.2 Å². The summed E-state index contributed by atoms with van der Waals surface area (Å²) in [6, 6.07) is 5.47. The summed E-state index contributed by atoms with van der Waals surface area (Å²) in [6.07, 6.45) is 1.68. The van der Waals surface area contributed by atoms with Crippen LogP contribution in [0.5, 0.6) is 0 Å². The molecule has 0 atom stereocenters. The summed E-state index contributed by atoms with van der Waals surface area (Å²) >= 11 is 1.20. The van der Waals surface area contributed by atoms with Gasteiger partial charge in [0, 0.05) is 22.4 Å². The quantitative estimate of drug-likeness (QED) is 0.512. The maximum absolute atomic E-state index is 13.4. The summed E-state index contributed by atoms with van der Waals surface area (Å²) in [7, 11) is 0. The smallest absolute Gasteiger partial charge is 0.259 e. The predicted octanol–water partition coefficient (Wildman–Crippen LogP) is 4.97. The number of hydrogen-bond acceptors (Lipinski definition) is 5. The van der Waals surface area contributed by atoms with Crippen LogP contribution in [-0.2, 0) is 0 Å². The van der Waals surface area contributed by atoms with Gasteiger partial charge in [-0.1, -0.05) is 0 Å². The molecule has 0 aliphatic carbocycles. The Morgan fingerprint density at radius 1 is 1.17 bits per heavy atom. The van der Waals surface area contributed by atoms with Crippen molar-refractivity contribution in [2.45, 2.75) is 26.8 Å². The molecule has 0 spiro atoms. The van der Waals surface area contributed by atoms with Crippen LogP contribution in [0, 0.1) is 18.6 Å². The lowest BCUT2D eigenvalue weighted by Gasteiger charge is -2.09. The number of pyridine rings is 1. The van der Waals surface area contributed by atoms with E-state index in [-0.39, 0.29) is 11.9 Å². The molecule has 0 saturated heterocycles. The van der Waals surface area contributed by atoms with Crippen LogP contribution >= 0.6 is 11.3 Å². The van der Waals surface area contributed by atoms with Crippen molar-refractivity contribution in [1.29, 1.82) is 0 Å². The number of hydrogen-bond donors (Lipinski definition) is 1. The van der Waals surface area contributed by atoms with E-state index in [0.717, 1.165) is 23.2 Å². The molecule has 3 heterocycles. The Balaban J connectivity index is 1.59. The highest BCUT2D eigenvalue weighted by Crippen LogP contribution is 2.27. The van der Waals surface area contributed by atoms with Crippen LogP contribution in [0.4, 0.5) is 13.9 Å². The van der Waals surface area contributed by atoms with Crippen LogP contribution in [0.15, 0.2) is 35.8 Å². The van der Waals surface area contributed by atoms with E-state index in [0.29, 0.717) is 27.6 Å². The van der Waals surface area contributed by atoms with Crippen molar-refractivity contribution in [2.24, 2.45) is 0 Å². The van der Waals surface area contributed by atoms with Gasteiger partial charge >= 0.3 is 0 Å². The maximum Gasteiger partial charge on any atom is 0.259 e. The van der Waals surface area contributed by atoms with Crippen LogP contribution < -0.4 is 5.32 Å². The lowest BCUT2D eigenvalue weighted by atomic mass is 10.1. The van der Waals surface area contributed by atoms with Gasteiger partial charge in [0.1, 0.15) is 0 Å². The second kappa shape index (κ2) is 7.32. The van der Waals surface area contributed by atoms with E-state index >= 15 is 0 Å². The van der Waals surface area contributed by atoms with Crippen LogP contribution in [-0.4, -0.2) is 25.7 Å². The van der Waals surface area contributed by atoms with E-state index in [1.807, 2.05) is 13.8 Å². The summed E-state index contributed by atoms with van der Waals surface area (Å²) in [4.78, 5) is 21.6. The average molecular weight is 413 g/mol. The molecule has 9 heteroatoms. The molecular formula is C20H17F2N5OS. The van der Waals surface area contributed by atoms with Gasteiger partial charge in [-0.15, -0.1) is 11.3 Å². The number of halogens is 2. The summed E-state index contributed by atoms with van der Waals surface area (Å²) < 4.78 is 28.4. The number of fused-ring (bicyclic) bond motifs is 1. The van der Waals surface area contributed by atoms with Crippen molar-refractivity contribution in [3.8, 4) is 11.3 Å². The molecule has 0 aliphatic rings. The number of aromatic nitrogens is 4. The number of rotatable bonds is 4. The van der Waals surface area contributed by atoms with Crippen molar-refractivity contribution in [2.75, 3.05) is 5.32 Å². The minimum Gasteiger partial charge on any atom is -0.298 e. The number of nitrogens with zero attached hydrogens (tertiary/aromatic N) is 4. The Morgan fingerprint density at radius 2 is 1.97 bits per heavy atom. The molecule has 1 N–H and O–H groups in total. The molecule has 0 fully saturated rings. The van der Waals surface area contributed by atoms with Crippen molar-refractivity contribution in [3.05, 3.63) is 58.7 Å². The summed E-state index contributed by atoms with van der Waals surface area (Å²) in [5.74, 6) is -2.21. The molecule has 29 heavy (non-hydrogen) atoms. The average Bonchev–Trinajstić information content (AvgIpc) is 3.30. The molecule has 0 saturated carbocycles. The van der Waals surface area contributed by atoms with Crippen LogP contribution in [0.2, 0.25) is 0 Å². The van der Waals surface area contributed by atoms with E-state index in [2.05, 4.69) is 20.4 Å². The summed E-state index contributed by atoms with van der Waals surface area (Å²) in [5, 5.41) is 9.87. The number of anilines is 1. The molecule has 0 unspecified atom stereocenters. The van der Waals surface area contributed by atoms with Gasteiger partial charge in [0.2, 0.25) is 0 Å². The Kier molecular flexibility index (Phi) is 4.83. The van der Waals surface area contributed by atoms with E-state index in [1.165, 1.54) is 17.4 Å². The highest BCUT2D eigenvalue weighted by molar-refractivity contribution is 7.14. The third-order valence-electron chi connectivity index (χ3n) is 4.43. The molecule has 0 radical (unpaired) electrons. The number of carbonyl (C=O) groups is 1. The Hall–Kier alpha value is -3.20. The minimum atomic E-state index is -0.946. The van der Waals surface area contributed by atoms with Gasteiger partial charge in [-0.25, -0.2) is 23.4 Å². The second-order valence-electron chi connectivity index (χ2n) is 6.84. The van der Waals surface area contributed by atoms with Crippen LogP contribution in [0.3, 0.4) is 0 Å². The SMILES string of the molecule is Cc1nc2c(cnn2C(C)C)cc1C(=O)Nc1nc(-c2ccc(F)c(F)c2)cs1. The van der Waals surface area contributed by atoms with Gasteiger partial charge in [0.05, 0.1) is 23.1 Å². The summed E-state index contributed by atoms with van der Waals surface area (Å²) in [5.41, 5.74) is 2.61. The molecule has 0 aliphatic heterocycles. The first kappa shape index (κ1) is 19.1. The van der Waals surface area contributed by atoms with Gasteiger partial charge in [-0.2, -0.15) is 5.10 Å². The normalized spacial score (nSPS) is 11.4. The molecule has 1 amide bonds. The second-order valence-corrected chi connectivity index (χ2v) is 7.70. The van der Waals surface area contributed by atoms with Gasteiger partial charge < -0.3 is 0 Å². The molecular weight excluding hydrogens is 396 g/mol. The molecule has 0 bridgehead atoms. The number of thiazole rings is 1. The first-order chi connectivity index (χ1) is 13.8. The van der Waals surface area contributed by atoms with Crippen molar-refractivity contribution >= 4 is 33.4 Å². The molecule has 6 nitrogen and oxygen atoms in total. The van der Waals surface area contributed by atoms with E-state index in [4.69, 9.17) is 0 Å². The zero-order chi connectivity index (χ0) is 20.7. The number of carbonyl (C=O) groups excluding carboxylic acids is 1. The largest absolute Gasteiger partial charge is 0.298 e. The maximum atomic E-state index is 13.4. The topological polar surface area (TPSA) is 72.7 Å². The summed E-state index contributed by atoms with van der Waals surface area (Å²) in [6.45, 7) is 5.79. The molecule has 3 aromatic heterocycles. The fourth-order valence-electron chi connectivity index (χ4n) is 2.96. The third kappa shape index (κ3) is 3.61.